The average molecular weight is 206 g/mol. The van der Waals surface area contributed by atoms with Gasteiger partial charge < -0.3 is 5.43 Å². The van der Waals surface area contributed by atoms with Gasteiger partial charge in [0.15, 0.2) is 0 Å². The summed E-state index contributed by atoms with van der Waals surface area (Å²) >= 11 is 0. The first kappa shape index (κ1) is 12.1. The Kier molecular flexibility index (Phi) is 4.15. The Balaban J connectivity index is 3.30. The van der Waals surface area contributed by atoms with Crippen LogP contribution in [0.25, 0.3) is 0 Å². The zero-order valence-corrected chi connectivity index (χ0v) is 10.2. The highest BCUT2D eigenvalue weighted by atomic mass is 15.2. The van der Waals surface area contributed by atoms with Gasteiger partial charge in [0.2, 0.25) is 0 Å². The lowest BCUT2D eigenvalue weighted by Crippen LogP contribution is -2.12. The van der Waals surface area contributed by atoms with Crippen LogP contribution in [0.15, 0.2) is 12.1 Å². The molecule has 0 heterocycles. The Morgan fingerprint density at radius 1 is 1.33 bits per heavy atom. The first-order valence-electron chi connectivity index (χ1n) is 5.70. The normalized spacial score (nSPS) is 10.8. The fraction of sp³-hybridized carbons (Fsp3) is 0.538. The maximum absolute atomic E-state index is 5.55. The summed E-state index contributed by atoms with van der Waals surface area (Å²) in [6.07, 6.45) is 2.24. The molecule has 84 valence electrons. The monoisotopic (exact) mass is 206 g/mol. The van der Waals surface area contributed by atoms with Crippen LogP contribution < -0.4 is 11.3 Å². The number of anilines is 1. The highest BCUT2D eigenvalue weighted by Crippen LogP contribution is 2.30. The van der Waals surface area contributed by atoms with Gasteiger partial charge in [0.05, 0.1) is 5.69 Å². The van der Waals surface area contributed by atoms with E-state index in [1.807, 2.05) is 0 Å². The summed E-state index contributed by atoms with van der Waals surface area (Å²) in [6.45, 7) is 8.85. The molecule has 0 aliphatic heterocycles. The Morgan fingerprint density at radius 3 is 2.47 bits per heavy atom. The van der Waals surface area contributed by atoms with E-state index < -0.39 is 0 Å². The van der Waals surface area contributed by atoms with Crippen molar-refractivity contribution in [3.05, 3.63) is 28.8 Å². The van der Waals surface area contributed by atoms with E-state index in [4.69, 9.17) is 5.84 Å². The lowest BCUT2D eigenvalue weighted by Gasteiger charge is -2.19. The van der Waals surface area contributed by atoms with Gasteiger partial charge in [-0.05, 0) is 42.0 Å². The standard InChI is InChI=1S/C13H22N2/c1-5-6-11-12(15-14)8-7-10(4)13(11)9(2)3/h7-9,15H,5-6,14H2,1-4H3. The van der Waals surface area contributed by atoms with Gasteiger partial charge in [-0.3, -0.25) is 5.84 Å². The Hall–Kier alpha value is -1.02. The van der Waals surface area contributed by atoms with Crippen molar-refractivity contribution in [2.75, 3.05) is 5.43 Å². The molecule has 1 rings (SSSR count). The molecular formula is C13H22N2. The van der Waals surface area contributed by atoms with Crippen molar-refractivity contribution < 1.29 is 0 Å². The Morgan fingerprint density at radius 2 is 2.00 bits per heavy atom. The SMILES string of the molecule is CCCc1c(NN)ccc(C)c1C(C)C. The number of rotatable bonds is 4. The van der Waals surface area contributed by atoms with Crippen molar-refractivity contribution in [3.8, 4) is 0 Å². The van der Waals surface area contributed by atoms with E-state index in [1.54, 1.807) is 0 Å². The third kappa shape index (κ3) is 2.51. The summed E-state index contributed by atoms with van der Waals surface area (Å²) in [6, 6.07) is 4.22. The summed E-state index contributed by atoms with van der Waals surface area (Å²) in [5.41, 5.74) is 8.08. The van der Waals surface area contributed by atoms with E-state index in [0.717, 1.165) is 18.5 Å². The number of aryl methyl sites for hydroxylation is 1. The molecule has 0 atom stereocenters. The predicted octanol–water partition coefficient (Wildman–Crippen LogP) is 3.36. The largest absolute Gasteiger partial charge is 0.324 e. The molecule has 0 amide bonds. The van der Waals surface area contributed by atoms with Crippen LogP contribution in [-0.2, 0) is 6.42 Å². The summed E-state index contributed by atoms with van der Waals surface area (Å²) < 4.78 is 0. The second-order valence-corrected chi connectivity index (χ2v) is 4.37. The lowest BCUT2D eigenvalue weighted by atomic mass is 9.89. The van der Waals surface area contributed by atoms with Crippen LogP contribution in [0.1, 0.15) is 49.8 Å². The van der Waals surface area contributed by atoms with Gasteiger partial charge in [-0.2, -0.15) is 0 Å². The van der Waals surface area contributed by atoms with E-state index in [0.29, 0.717) is 5.92 Å². The summed E-state index contributed by atoms with van der Waals surface area (Å²) in [5.74, 6) is 6.11. The zero-order valence-electron chi connectivity index (χ0n) is 10.2. The molecule has 1 aromatic carbocycles. The van der Waals surface area contributed by atoms with Gasteiger partial charge in [-0.1, -0.05) is 33.3 Å². The molecule has 2 nitrogen and oxygen atoms in total. The minimum atomic E-state index is 0.555. The molecule has 2 heteroatoms. The molecule has 0 saturated heterocycles. The number of benzene rings is 1. The van der Waals surface area contributed by atoms with E-state index in [-0.39, 0.29) is 0 Å². The fourth-order valence-electron chi connectivity index (χ4n) is 2.24. The molecule has 3 N–H and O–H groups in total. The number of nitrogens with two attached hydrogens (primary N) is 1. The number of hydrogen-bond acceptors (Lipinski definition) is 2. The summed E-state index contributed by atoms with van der Waals surface area (Å²) in [7, 11) is 0. The molecule has 0 radical (unpaired) electrons. The molecule has 1 aromatic rings. The van der Waals surface area contributed by atoms with Gasteiger partial charge >= 0.3 is 0 Å². The van der Waals surface area contributed by atoms with E-state index in [9.17, 15) is 0 Å². The highest BCUT2D eigenvalue weighted by Gasteiger charge is 2.12. The molecular weight excluding hydrogens is 184 g/mol. The number of hydrogen-bond donors (Lipinski definition) is 2. The molecule has 0 saturated carbocycles. The van der Waals surface area contributed by atoms with Crippen molar-refractivity contribution in [1.29, 1.82) is 0 Å². The topological polar surface area (TPSA) is 38.0 Å². The molecule has 0 unspecified atom stereocenters. The van der Waals surface area contributed by atoms with E-state index in [2.05, 4.69) is 45.3 Å². The van der Waals surface area contributed by atoms with Crippen molar-refractivity contribution in [1.82, 2.24) is 0 Å². The van der Waals surface area contributed by atoms with Gasteiger partial charge in [-0.25, -0.2) is 0 Å². The highest BCUT2D eigenvalue weighted by molar-refractivity contribution is 5.57. The maximum atomic E-state index is 5.55. The van der Waals surface area contributed by atoms with Crippen LogP contribution in [0, 0.1) is 6.92 Å². The smallest absolute Gasteiger partial charge is 0.0520 e. The second-order valence-electron chi connectivity index (χ2n) is 4.37. The summed E-state index contributed by atoms with van der Waals surface area (Å²) in [5, 5.41) is 0. The zero-order chi connectivity index (χ0) is 11.4. The van der Waals surface area contributed by atoms with Crippen molar-refractivity contribution >= 4 is 5.69 Å². The van der Waals surface area contributed by atoms with Crippen LogP contribution >= 0.6 is 0 Å². The van der Waals surface area contributed by atoms with Crippen LogP contribution in [-0.4, -0.2) is 0 Å². The molecule has 0 spiro atoms. The van der Waals surface area contributed by atoms with Gasteiger partial charge in [0.25, 0.3) is 0 Å². The van der Waals surface area contributed by atoms with Crippen LogP contribution in [0.4, 0.5) is 5.69 Å². The minimum Gasteiger partial charge on any atom is -0.324 e. The third-order valence-electron chi connectivity index (χ3n) is 2.81. The third-order valence-corrected chi connectivity index (χ3v) is 2.81. The van der Waals surface area contributed by atoms with Crippen LogP contribution in [0.3, 0.4) is 0 Å². The molecule has 0 fully saturated rings. The van der Waals surface area contributed by atoms with Crippen molar-refractivity contribution in [2.45, 2.75) is 46.5 Å². The molecule has 0 aromatic heterocycles. The van der Waals surface area contributed by atoms with Crippen molar-refractivity contribution in [2.24, 2.45) is 5.84 Å². The fourth-order valence-corrected chi connectivity index (χ4v) is 2.24. The van der Waals surface area contributed by atoms with E-state index >= 15 is 0 Å². The quantitative estimate of drug-likeness (QED) is 0.585. The first-order valence-corrected chi connectivity index (χ1v) is 5.70. The minimum absolute atomic E-state index is 0.555. The molecule has 15 heavy (non-hydrogen) atoms. The number of nitrogen functional groups attached to an aromatic ring is 1. The molecule has 0 bridgehead atoms. The molecule has 0 aliphatic rings. The first-order chi connectivity index (χ1) is 7.11. The van der Waals surface area contributed by atoms with Crippen LogP contribution in [0.2, 0.25) is 0 Å². The maximum Gasteiger partial charge on any atom is 0.0520 e. The average Bonchev–Trinajstić information content (AvgIpc) is 2.18. The van der Waals surface area contributed by atoms with Gasteiger partial charge in [-0.15, -0.1) is 0 Å². The van der Waals surface area contributed by atoms with Crippen molar-refractivity contribution in [3.63, 3.8) is 0 Å². The van der Waals surface area contributed by atoms with Gasteiger partial charge in [0, 0.05) is 0 Å². The van der Waals surface area contributed by atoms with Crippen LogP contribution in [0.5, 0.6) is 0 Å². The van der Waals surface area contributed by atoms with E-state index in [1.165, 1.54) is 16.7 Å². The molecule has 0 aliphatic carbocycles. The second kappa shape index (κ2) is 5.17. The Labute approximate surface area is 92.8 Å². The number of nitrogens with one attached hydrogen (secondary N) is 1. The lowest BCUT2D eigenvalue weighted by molar-refractivity contribution is 0.813. The predicted molar refractivity (Wildman–Crippen MR) is 67.1 cm³/mol. The number of hydrazine groups is 1. The summed E-state index contributed by atoms with van der Waals surface area (Å²) in [4.78, 5) is 0. The van der Waals surface area contributed by atoms with Gasteiger partial charge in [0.1, 0.15) is 0 Å². The Bertz CT molecular complexity index is 330.